The second kappa shape index (κ2) is 9.69. The van der Waals surface area contributed by atoms with E-state index < -0.39 is 10.0 Å². The molecule has 1 aliphatic heterocycles. The number of sulfonamides is 1. The van der Waals surface area contributed by atoms with Gasteiger partial charge in [-0.3, -0.25) is 14.3 Å². The van der Waals surface area contributed by atoms with Crippen molar-refractivity contribution in [1.82, 2.24) is 14.7 Å². The van der Waals surface area contributed by atoms with E-state index in [0.717, 1.165) is 29.1 Å². The summed E-state index contributed by atoms with van der Waals surface area (Å²) in [6.07, 6.45) is 3.27. The lowest BCUT2D eigenvalue weighted by molar-refractivity contribution is 0.331. The summed E-state index contributed by atoms with van der Waals surface area (Å²) < 4.78 is 30.8. The average molecular weight is 467 g/mol. The molecule has 0 unspecified atom stereocenters. The second-order valence-electron chi connectivity index (χ2n) is 9.44. The molecule has 0 aliphatic carbocycles. The first-order chi connectivity index (χ1) is 15.7. The van der Waals surface area contributed by atoms with Crippen LogP contribution in [-0.2, 0) is 30.0 Å². The number of hydrogen-bond donors (Lipinski definition) is 1. The molecule has 2 aromatic carbocycles. The molecular formula is C26H34N4O2S. The van der Waals surface area contributed by atoms with Gasteiger partial charge in [0, 0.05) is 13.6 Å². The number of likely N-dealkylation sites (tertiary alicyclic amines) is 1. The van der Waals surface area contributed by atoms with Gasteiger partial charge in [0.05, 0.1) is 22.0 Å². The molecule has 33 heavy (non-hydrogen) atoms. The number of nitrogens with zero attached hydrogens (tertiary/aromatic N) is 3. The molecule has 4 rings (SSSR count). The van der Waals surface area contributed by atoms with Crippen molar-refractivity contribution >= 4 is 15.7 Å². The number of benzene rings is 2. The van der Waals surface area contributed by atoms with Crippen molar-refractivity contribution in [1.29, 1.82) is 0 Å². The number of anilines is 1. The minimum absolute atomic E-state index is 0.248. The predicted molar refractivity (Wildman–Crippen MR) is 134 cm³/mol. The number of aromatic nitrogens is 2. The minimum atomic E-state index is -3.71. The highest BCUT2D eigenvalue weighted by molar-refractivity contribution is 7.92. The number of aryl methyl sites for hydroxylation is 1. The van der Waals surface area contributed by atoms with Crippen molar-refractivity contribution in [3.8, 4) is 11.1 Å². The molecule has 0 saturated carbocycles. The Morgan fingerprint density at radius 3 is 2.39 bits per heavy atom. The summed E-state index contributed by atoms with van der Waals surface area (Å²) in [5.74, 6) is 0.378. The molecule has 0 amide bonds. The Balaban J connectivity index is 1.54. The van der Waals surface area contributed by atoms with Crippen LogP contribution in [0.3, 0.4) is 0 Å². The quantitative estimate of drug-likeness (QED) is 0.508. The van der Waals surface area contributed by atoms with E-state index >= 15 is 0 Å². The molecule has 1 fully saturated rings. The van der Waals surface area contributed by atoms with Crippen molar-refractivity contribution in [3.63, 3.8) is 0 Å². The van der Waals surface area contributed by atoms with Crippen molar-refractivity contribution in [2.75, 3.05) is 17.8 Å². The standard InChI is InChI=1S/C26H34N4O2S/c1-19(2)16-25-26(20(3)29(4)27-25)28-33(31,32)24-12-10-22(11-13-24)23-9-7-8-21(17-23)18-30-14-5-6-15-30/h7-13,17,19,28H,5-6,14-16,18H2,1-4H3. The zero-order valence-electron chi connectivity index (χ0n) is 20.0. The van der Waals surface area contributed by atoms with E-state index in [4.69, 9.17) is 0 Å². The van der Waals surface area contributed by atoms with Gasteiger partial charge in [0.2, 0.25) is 0 Å². The number of rotatable bonds is 8. The van der Waals surface area contributed by atoms with E-state index in [9.17, 15) is 8.42 Å². The molecule has 176 valence electrons. The lowest BCUT2D eigenvalue weighted by Crippen LogP contribution is -2.18. The molecule has 3 aromatic rings. The SMILES string of the molecule is Cc1c(NS(=O)(=O)c2ccc(-c3cccc(CN4CCCC4)c3)cc2)c(CC(C)C)nn1C. The molecule has 1 aromatic heterocycles. The van der Waals surface area contributed by atoms with Crippen LogP contribution in [0, 0.1) is 12.8 Å². The summed E-state index contributed by atoms with van der Waals surface area (Å²) in [6.45, 7) is 9.38. The Bertz CT molecular complexity index is 1210. The normalized spacial score (nSPS) is 14.8. The van der Waals surface area contributed by atoms with Crippen LogP contribution in [0.1, 0.15) is 43.6 Å². The highest BCUT2D eigenvalue weighted by Crippen LogP contribution is 2.27. The van der Waals surface area contributed by atoms with Gasteiger partial charge in [-0.15, -0.1) is 0 Å². The van der Waals surface area contributed by atoms with E-state index in [0.29, 0.717) is 18.0 Å². The summed E-state index contributed by atoms with van der Waals surface area (Å²) in [5.41, 5.74) is 5.57. The van der Waals surface area contributed by atoms with Crippen LogP contribution < -0.4 is 4.72 Å². The van der Waals surface area contributed by atoms with Gasteiger partial charge in [-0.25, -0.2) is 8.42 Å². The fourth-order valence-electron chi connectivity index (χ4n) is 4.41. The first-order valence-corrected chi connectivity index (χ1v) is 13.2. The largest absolute Gasteiger partial charge is 0.299 e. The van der Waals surface area contributed by atoms with Gasteiger partial charge in [0.1, 0.15) is 0 Å². The van der Waals surface area contributed by atoms with E-state index in [1.165, 1.54) is 31.5 Å². The van der Waals surface area contributed by atoms with Gasteiger partial charge in [-0.05, 0) is 80.1 Å². The van der Waals surface area contributed by atoms with E-state index in [1.54, 1.807) is 16.8 Å². The molecule has 0 atom stereocenters. The molecule has 2 heterocycles. The fourth-order valence-corrected chi connectivity index (χ4v) is 5.55. The first kappa shape index (κ1) is 23.5. The third-order valence-corrected chi connectivity index (χ3v) is 7.64. The third-order valence-electron chi connectivity index (χ3n) is 6.27. The van der Waals surface area contributed by atoms with Crippen LogP contribution in [0.4, 0.5) is 5.69 Å². The van der Waals surface area contributed by atoms with Crippen LogP contribution >= 0.6 is 0 Å². The molecule has 0 radical (unpaired) electrons. The Morgan fingerprint density at radius 1 is 1.03 bits per heavy atom. The molecule has 7 heteroatoms. The summed E-state index contributed by atoms with van der Waals surface area (Å²) in [4.78, 5) is 2.73. The van der Waals surface area contributed by atoms with Gasteiger partial charge < -0.3 is 0 Å². The highest BCUT2D eigenvalue weighted by atomic mass is 32.2. The molecular weight excluding hydrogens is 432 g/mol. The Morgan fingerprint density at radius 2 is 1.73 bits per heavy atom. The summed E-state index contributed by atoms with van der Waals surface area (Å²) in [6, 6.07) is 15.6. The Kier molecular flexibility index (Phi) is 6.91. The maximum absolute atomic E-state index is 13.1. The predicted octanol–water partition coefficient (Wildman–Crippen LogP) is 4.99. The zero-order chi connectivity index (χ0) is 23.6. The van der Waals surface area contributed by atoms with Gasteiger partial charge >= 0.3 is 0 Å². The lowest BCUT2D eigenvalue weighted by Gasteiger charge is -2.15. The second-order valence-corrected chi connectivity index (χ2v) is 11.1. The molecule has 1 aliphatic rings. The van der Waals surface area contributed by atoms with Gasteiger partial charge in [-0.1, -0.05) is 44.2 Å². The molecule has 1 N–H and O–H groups in total. The summed E-state index contributed by atoms with van der Waals surface area (Å²) in [7, 11) is -1.88. The van der Waals surface area contributed by atoms with Crippen molar-refractivity contribution in [2.24, 2.45) is 13.0 Å². The average Bonchev–Trinajstić information content (AvgIpc) is 3.37. The molecule has 0 spiro atoms. The summed E-state index contributed by atoms with van der Waals surface area (Å²) >= 11 is 0. The van der Waals surface area contributed by atoms with Crippen LogP contribution in [0.2, 0.25) is 0 Å². The van der Waals surface area contributed by atoms with Gasteiger partial charge in [0.15, 0.2) is 0 Å². The van der Waals surface area contributed by atoms with E-state index in [2.05, 4.69) is 52.8 Å². The molecule has 6 nitrogen and oxygen atoms in total. The number of hydrogen-bond acceptors (Lipinski definition) is 4. The van der Waals surface area contributed by atoms with Crippen LogP contribution in [0.15, 0.2) is 53.4 Å². The minimum Gasteiger partial charge on any atom is -0.299 e. The highest BCUT2D eigenvalue weighted by Gasteiger charge is 2.21. The number of nitrogens with one attached hydrogen (secondary N) is 1. The van der Waals surface area contributed by atoms with Crippen molar-refractivity contribution in [2.45, 2.75) is 51.5 Å². The first-order valence-electron chi connectivity index (χ1n) is 11.7. The monoisotopic (exact) mass is 466 g/mol. The topological polar surface area (TPSA) is 67.2 Å². The zero-order valence-corrected chi connectivity index (χ0v) is 20.8. The van der Waals surface area contributed by atoms with Crippen LogP contribution in [0.5, 0.6) is 0 Å². The van der Waals surface area contributed by atoms with E-state index in [1.807, 2.05) is 26.1 Å². The van der Waals surface area contributed by atoms with E-state index in [-0.39, 0.29) is 4.90 Å². The maximum Gasteiger partial charge on any atom is 0.262 e. The van der Waals surface area contributed by atoms with Crippen LogP contribution in [0.25, 0.3) is 11.1 Å². The van der Waals surface area contributed by atoms with Crippen molar-refractivity contribution < 1.29 is 8.42 Å². The smallest absolute Gasteiger partial charge is 0.262 e. The third kappa shape index (κ3) is 5.47. The summed E-state index contributed by atoms with van der Waals surface area (Å²) in [5, 5.41) is 4.51. The maximum atomic E-state index is 13.1. The van der Waals surface area contributed by atoms with Gasteiger partial charge in [0.25, 0.3) is 10.0 Å². The van der Waals surface area contributed by atoms with Crippen molar-refractivity contribution in [3.05, 3.63) is 65.5 Å². The molecule has 0 bridgehead atoms. The Labute approximate surface area is 197 Å². The Hall–Kier alpha value is -2.64. The lowest BCUT2D eigenvalue weighted by atomic mass is 10.0. The van der Waals surface area contributed by atoms with Gasteiger partial charge in [-0.2, -0.15) is 5.10 Å². The van der Waals surface area contributed by atoms with Crippen LogP contribution in [-0.4, -0.2) is 36.2 Å². The molecule has 1 saturated heterocycles. The fraction of sp³-hybridized carbons (Fsp3) is 0.423.